The van der Waals surface area contributed by atoms with Crippen molar-refractivity contribution < 1.29 is 9.53 Å². The molecule has 0 spiro atoms. The van der Waals surface area contributed by atoms with E-state index in [1.165, 1.54) is 5.56 Å². The summed E-state index contributed by atoms with van der Waals surface area (Å²) in [5.41, 5.74) is 4.09. The first kappa shape index (κ1) is 23.5. The molecule has 0 saturated heterocycles. The smallest absolute Gasteiger partial charge is 0.251 e. The molecule has 2 aromatic heterocycles. The number of carbonyl (C=O) groups is 1. The van der Waals surface area contributed by atoms with Crippen LogP contribution in [0.15, 0.2) is 73.1 Å². The van der Waals surface area contributed by atoms with Gasteiger partial charge in [-0.05, 0) is 60.7 Å². The monoisotopic (exact) mass is 456 g/mol. The highest BCUT2D eigenvalue weighted by Gasteiger charge is 2.11. The minimum absolute atomic E-state index is 0.0746. The van der Waals surface area contributed by atoms with E-state index in [0.29, 0.717) is 24.6 Å². The van der Waals surface area contributed by atoms with Crippen molar-refractivity contribution in [1.82, 2.24) is 19.9 Å². The Hall–Kier alpha value is -3.67. The molecule has 0 bridgehead atoms. The van der Waals surface area contributed by atoms with Gasteiger partial charge in [-0.3, -0.25) is 9.78 Å². The summed E-state index contributed by atoms with van der Waals surface area (Å²) in [6.45, 7) is 6.47. The van der Waals surface area contributed by atoms with Crippen molar-refractivity contribution in [2.45, 2.75) is 45.6 Å². The number of para-hydroxylation sites is 2. The van der Waals surface area contributed by atoms with Crippen LogP contribution < -0.4 is 10.1 Å². The van der Waals surface area contributed by atoms with Gasteiger partial charge in [0.25, 0.3) is 5.91 Å². The number of carbonyl (C=O) groups excluding carboxylic acids is 1. The summed E-state index contributed by atoms with van der Waals surface area (Å²) in [5.74, 6) is 2.39. The van der Waals surface area contributed by atoms with Gasteiger partial charge >= 0.3 is 0 Å². The first-order valence-corrected chi connectivity index (χ1v) is 12.0. The number of amides is 1. The largest absolute Gasteiger partial charge is 0.494 e. The van der Waals surface area contributed by atoms with Gasteiger partial charge in [-0.25, -0.2) is 4.98 Å². The zero-order valence-corrected chi connectivity index (χ0v) is 19.9. The van der Waals surface area contributed by atoms with Crippen LogP contribution in [-0.4, -0.2) is 33.6 Å². The summed E-state index contributed by atoms with van der Waals surface area (Å²) in [7, 11) is 0. The first-order chi connectivity index (χ1) is 16.6. The second-order valence-corrected chi connectivity index (χ2v) is 8.69. The number of aromatic nitrogens is 3. The predicted octanol–water partition coefficient (Wildman–Crippen LogP) is 5.39. The van der Waals surface area contributed by atoms with Gasteiger partial charge in [-0.2, -0.15) is 0 Å². The third-order valence-electron chi connectivity index (χ3n) is 5.88. The van der Waals surface area contributed by atoms with E-state index >= 15 is 0 Å². The van der Waals surface area contributed by atoms with Gasteiger partial charge in [-0.1, -0.05) is 38.1 Å². The van der Waals surface area contributed by atoms with E-state index < -0.39 is 0 Å². The maximum absolute atomic E-state index is 12.2. The minimum atomic E-state index is -0.0746. The van der Waals surface area contributed by atoms with Crippen LogP contribution in [0, 0.1) is 0 Å². The SMILES string of the molecule is CC(C)c1ccc(OCCCn2c(CCCNC(=O)c3ccncc3)nc3ccccc32)cc1. The van der Waals surface area contributed by atoms with Crippen LogP contribution in [0.2, 0.25) is 0 Å². The zero-order valence-electron chi connectivity index (χ0n) is 19.9. The molecule has 1 N–H and O–H groups in total. The molecular weight excluding hydrogens is 424 g/mol. The highest BCUT2D eigenvalue weighted by Crippen LogP contribution is 2.20. The molecule has 0 fully saturated rings. The normalized spacial score (nSPS) is 11.1. The molecular formula is C28H32N4O2. The van der Waals surface area contributed by atoms with Crippen LogP contribution in [0.5, 0.6) is 5.75 Å². The topological polar surface area (TPSA) is 69.0 Å². The molecule has 2 aromatic carbocycles. The number of aryl methyl sites for hydroxylation is 2. The Kier molecular flexibility index (Phi) is 7.91. The Labute approximate surface area is 201 Å². The van der Waals surface area contributed by atoms with Gasteiger partial charge in [0.1, 0.15) is 11.6 Å². The summed E-state index contributed by atoms with van der Waals surface area (Å²) in [5, 5.41) is 2.98. The number of ether oxygens (including phenoxy) is 1. The van der Waals surface area contributed by atoms with E-state index in [0.717, 1.165) is 48.4 Å². The Bertz CT molecular complexity index is 1200. The number of imidazole rings is 1. The van der Waals surface area contributed by atoms with E-state index in [4.69, 9.17) is 9.72 Å². The number of hydrogen-bond donors (Lipinski definition) is 1. The number of benzene rings is 2. The maximum atomic E-state index is 12.2. The molecule has 0 aliphatic rings. The summed E-state index contributed by atoms with van der Waals surface area (Å²) < 4.78 is 8.26. The van der Waals surface area contributed by atoms with Crippen molar-refractivity contribution in [1.29, 1.82) is 0 Å². The number of nitrogens with zero attached hydrogens (tertiary/aromatic N) is 3. The fourth-order valence-corrected chi connectivity index (χ4v) is 3.98. The lowest BCUT2D eigenvalue weighted by atomic mass is 10.0. The molecule has 6 nitrogen and oxygen atoms in total. The van der Waals surface area contributed by atoms with Gasteiger partial charge in [0.2, 0.25) is 0 Å². The Morgan fingerprint density at radius 3 is 2.53 bits per heavy atom. The second-order valence-electron chi connectivity index (χ2n) is 8.69. The molecule has 34 heavy (non-hydrogen) atoms. The number of hydrogen-bond acceptors (Lipinski definition) is 4. The number of nitrogens with one attached hydrogen (secondary N) is 1. The zero-order chi connectivity index (χ0) is 23.8. The van der Waals surface area contributed by atoms with Crippen molar-refractivity contribution >= 4 is 16.9 Å². The predicted molar refractivity (Wildman–Crippen MR) is 135 cm³/mol. The van der Waals surface area contributed by atoms with Crippen molar-refractivity contribution in [3.63, 3.8) is 0 Å². The second kappa shape index (κ2) is 11.5. The van der Waals surface area contributed by atoms with Crippen LogP contribution in [0.3, 0.4) is 0 Å². The number of pyridine rings is 1. The Balaban J connectivity index is 1.31. The molecule has 1 amide bonds. The lowest BCUT2D eigenvalue weighted by Crippen LogP contribution is -2.25. The van der Waals surface area contributed by atoms with Gasteiger partial charge in [0, 0.05) is 37.5 Å². The molecule has 0 aliphatic heterocycles. The summed E-state index contributed by atoms with van der Waals surface area (Å²) in [4.78, 5) is 21.0. The lowest BCUT2D eigenvalue weighted by molar-refractivity contribution is 0.0953. The third-order valence-corrected chi connectivity index (χ3v) is 5.88. The van der Waals surface area contributed by atoms with Crippen LogP contribution in [0.25, 0.3) is 11.0 Å². The fraction of sp³-hybridized carbons (Fsp3) is 0.321. The molecule has 4 rings (SSSR count). The highest BCUT2D eigenvalue weighted by atomic mass is 16.5. The van der Waals surface area contributed by atoms with Gasteiger partial charge in [0.05, 0.1) is 17.6 Å². The third kappa shape index (κ3) is 6.01. The molecule has 0 aliphatic carbocycles. The summed E-state index contributed by atoms with van der Waals surface area (Å²) in [6, 6.07) is 20.0. The molecule has 4 aromatic rings. The van der Waals surface area contributed by atoms with Crippen molar-refractivity contribution in [2.75, 3.05) is 13.2 Å². The van der Waals surface area contributed by atoms with Crippen LogP contribution >= 0.6 is 0 Å². The van der Waals surface area contributed by atoms with E-state index in [9.17, 15) is 4.79 Å². The van der Waals surface area contributed by atoms with E-state index in [1.807, 2.05) is 30.3 Å². The average molecular weight is 457 g/mol. The minimum Gasteiger partial charge on any atom is -0.494 e. The molecule has 6 heteroatoms. The number of fused-ring (bicyclic) bond motifs is 1. The van der Waals surface area contributed by atoms with E-state index in [-0.39, 0.29) is 5.91 Å². The average Bonchev–Trinajstić information content (AvgIpc) is 3.22. The number of rotatable bonds is 11. The molecule has 2 heterocycles. The van der Waals surface area contributed by atoms with Crippen molar-refractivity contribution in [3.05, 3.63) is 90.0 Å². The highest BCUT2D eigenvalue weighted by molar-refractivity contribution is 5.93. The van der Waals surface area contributed by atoms with Gasteiger partial charge in [0.15, 0.2) is 0 Å². The van der Waals surface area contributed by atoms with Crippen molar-refractivity contribution in [2.24, 2.45) is 0 Å². The van der Waals surface area contributed by atoms with Gasteiger partial charge in [-0.15, -0.1) is 0 Å². The molecule has 0 atom stereocenters. The molecule has 0 radical (unpaired) electrons. The van der Waals surface area contributed by atoms with E-state index in [1.54, 1.807) is 24.5 Å². The Morgan fingerprint density at radius 1 is 1.00 bits per heavy atom. The first-order valence-electron chi connectivity index (χ1n) is 12.0. The summed E-state index contributed by atoms with van der Waals surface area (Å²) >= 11 is 0. The molecule has 176 valence electrons. The fourth-order valence-electron chi connectivity index (χ4n) is 3.98. The standard InChI is InChI=1S/C28H32N4O2/c1-21(2)22-10-12-24(13-11-22)34-20-6-19-32-26-8-4-3-7-25(26)31-27(32)9-5-16-30-28(33)23-14-17-29-18-15-23/h3-4,7-8,10-15,17-18,21H,5-6,9,16,19-20H2,1-2H3,(H,30,33). The quantitative estimate of drug-likeness (QED) is 0.307. The van der Waals surface area contributed by atoms with Gasteiger partial charge < -0.3 is 14.6 Å². The van der Waals surface area contributed by atoms with Crippen LogP contribution in [0.1, 0.15) is 54.4 Å². The van der Waals surface area contributed by atoms with Crippen molar-refractivity contribution in [3.8, 4) is 5.75 Å². The molecule has 0 unspecified atom stereocenters. The summed E-state index contributed by atoms with van der Waals surface area (Å²) in [6.07, 6.45) is 5.75. The lowest BCUT2D eigenvalue weighted by Gasteiger charge is -2.12. The molecule has 0 saturated carbocycles. The van der Waals surface area contributed by atoms with Crippen LogP contribution in [0.4, 0.5) is 0 Å². The Morgan fingerprint density at radius 2 is 1.76 bits per heavy atom. The maximum Gasteiger partial charge on any atom is 0.251 e. The van der Waals surface area contributed by atoms with Crippen LogP contribution in [-0.2, 0) is 13.0 Å². The van der Waals surface area contributed by atoms with E-state index in [2.05, 4.69) is 46.9 Å².